The van der Waals surface area contributed by atoms with E-state index in [-0.39, 0.29) is 11.0 Å². The Hall–Kier alpha value is -3.13. The van der Waals surface area contributed by atoms with Gasteiger partial charge in [-0.25, -0.2) is 4.98 Å². The molecule has 0 saturated heterocycles. The molecule has 0 spiro atoms. The van der Waals surface area contributed by atoms with Crippen LogP contribution in [0.3, 0.4) is 0 Å². The molecular weight excluding hydrogens is 457 g/mol. The lowest BCUT2D eigenvalue weighted by atomic mass is 10.2. The number of amides is 1. The Labute approximate surface area is 193 Å². The van der Waals surface area contributed by atoms with Crippen LogP contribution in [0.5, 0.6) is 5.75 Å². The number of halogens is 2. The monoisotopic (exact) mass is 471 g/mol. The van der Waals surface area contributed by atoms with Crippen LogP contribution >= 0.6 is 35.4 Å². The summed E-state index contributed by atoms with van der Waals surface area (Å²) in [6.45, 7) is 0. The summed E-state index contributed by atoms with van der Waals surface area (Å²) < 4.78 is 10.9. The number of anilines is 1. The molecule has 4 rings (SSSR count). The summed E-state index contributed by atoms with van der Waals surface area (Å²) in [5.41, 5.74) is 2.94. The molecule has 0 atom stereocenters. The average molecular weight is 472 g/mol. The molecule has 3 aromatic carbocycles. The Kier molecular flexibility index (Phi) is 6.08. The smallest absolute Gasteiger partial charge is 0.257 e. The Morgan fingerprint density at radius 1 is 1.10 bits per heavy atom. The van der Waals surface area contributed by atoms with Crippen LogP contribution in [0, 0.1) is 0 Å². The highest BCUT2D eigenvalue weighted by atomic mass is 35.5. The van der Waals surface area contributed by atoms with Gasteiger partial charge in [-0.3, -0.25) is 10.1 Å². The van der Waals surface area contributed by atoms with Crippen molar-refractivity contribution >= 4 is 63.2 Å². The number of fused-ring (bicyclic) bond motifs is 1. The number of rotatable bonds is 4. The molecule has 0 fully saturated rings. The van der Waals surface area contributed by atoms with Crippen molar-refractivity contribution in [1.29, 1.82) is 0 Å². The molecule has 0 bridgehead atoms. The summed E-state index contributed by atoms with van der Waals surface area (Å²) >= 11 is 17.4. The van der Waals surface area contributed by atoms with E-state index in [0.29, 0.717) is 44.0 Å². The van der Waals surface area contributed by atoms with Crippen LogP contribution in [0.15, 0.2) is 65.1 Å². The molecule has 0 aliphatic heterocycles. The molecule has 0 unspecified atom stereocenters. The number of oxazole rings is 1. The van der Waals surface area contributed by atoms with E-state index in [0.717, 1.165) is 5.56 Å². The molecule has 156 valence electrons. The number of benzene rings is 3. The second-order valence-corrected chi connectivity index (χ2v) is 7.72. The van der Waals surface area contributed by atoms with E-state index in [1.165, 1.54) is 7.11 Å². The van der Waals surface area contributed by atoms with Gasteiger partial charge in [0.25, 0.3) is 5.91 Å². The third-order valence-electron chi connectivity index (χ3n) is 4.36. The van der Waals surface area contributed by atoms with E-state index < -0.39 is 0 Å². The van der Waals surface area contributed by atoms with Crippen molar-refractivity contribution in [3.8, 4) is 17.2 Å². The maximum absolute atomic E-state index is 12.4. The largest absolute Gasteiger partial charge is 0.497 e. The maximum Gasteiger partial charge on any atom is 0.257 e. The summed E-state index contributed by atoms with van der Waals surface area (Å²) in [5.74, 6) is 0.666. The van der Waals surface area contributed by atoms with Gasteiger partial charge in [-0.15, -0.1) is 0 Å². The zero-order valence-electron chi connectivity index (χ0n) is 16.1. The fourth-order valence-corrected chi connectivity index (χ4v) is 3.61. The molecule has 0 radical (unpaired) electrons. The molecule has 0 aliphatic rings. The van der Waals surface area contributed by atoms with Gasteiger partial charge in [-0.2, -0.15) is 0 Å². The number of nitrogens with zero attached hydrogens (tertiary/aromatic N) is 1. The number of nitrogens with one attached hydrogen (secondary N) is 2. The Balaban J connectivity index is 1.44. The second kappa shape index (κ2) is 8.93. The van der Waals surface area contributed by atoms with E-state index in [2.05, 4.69) is 15.6 Å². The first-order valence-electron chi connectivity index (χ1n) is 9.05. The molecule has 0 saturated carbocycles. The van der Waals surface area contributed by atoms with Crippen LogP contribution in [0.2, 0.25) is 10.0 Å². The molecule has 9 heteroatoms. The molecule has 1 amide bonds. The third-order valence-corrected chi connectivity index (χ3v) is 5.06. The predicted octanol–water partition coefficient (Wildman–Crippen LogP) is 5.94. The minimum Gasteiger partial charge on any atom is -0.497 e. The lowest BCUT2D eigenvalue weighted by molar-refractivity contribution is 0.0977. The minimum absolute atomic E-state index is 0.170. The van der Waals surface area contributed by atoms with Crippen LogP contribution in [0.1, 0.15) is 10.4 Å². The first-order chi connectivity index (χ1) is 14.9. The van der Waals surface area contributed by atoms with Crippen molar-refractivity contribution in [2.45, 2.75) is 0 Å². The van der Waals surface area contributed by atoms with Gasteiger partial charge >= 0.3 is 0 Å². The standard InChI is InChI=1S/C22H15Cl2N3O3S/c1-29-16-4-2-3-13(9-16)20(28)27-22(31)25-15-7-5-12(6-8-15)21-26-18-11-14(23)10-17(24)19(18)30-21/h2-11H,1H3,(H2,25,27,28,31). The number of carbonyl (C=O) groups is 1. The fraction of sp³-hybridized carbons (Fsp3) is 0.0455. The van der Waals surface area contributed by atoms with Crippen LogP contribution in [-0.4, -0.2) is 23.1 Å². The normalized spacial score (nSPS) is 10.7. The van der Waals surface area contributed by atoms with Gasteiger partial charge < -0.3 is 14.5 Å². The summed E-state index contributed by atoms with van der Waals surface area (Å²) in [6.07, 6.45) is 0. The number of thiocarbonyl (C=S) groups is 1. The number of aromatic nitrogens is 1. The molecule has 0 aliphatic carbocycles. The highest BCUT2D eigenvalue weighted by Crippen LogP contribution is 2.32. The lowest BCUT2D eigenvalue weighted by Gasteiger charge is -2.10. The van der Waals surface area contributed by atoms with Crippen molar-refractivity contribution in [1.82, 2.24) is 10.3 Å². The summed E-state index contributed by atoms with van der Waals surface area (Å²) in [7, 11) is 1.54. The Morgan fingerprint density at radius 2 is 1.87 bits per heavy atom. The molecule has 1 heterocycles. The van der Waals surface area contributed by atoms with Gasteiger partial charge in [0, 0.05) is 21.8 Å². The highest BCUT2D eigenvalue weighted by Gasteiger charge is 2.13. The lowest BCUT2D eigenvalue weighted by Crippen LogP contribution is -2.34. The first-order valence-corrected chi connectivity index (χ1v) is 10.2. The zero-order chi connectivity index (χ0) is 22.0. The Bertz CT molecular complexity index is 1290. The Morgan fingerprint density at radius 3 is 2.61 bits per heavy atom. The molecular formula is C22H15Cl2N3O3S. The van der Waals surface area contributed by atoms with Crippen LogP contribution < -0.4 is 15.4 Å². The first kappa shape index (κ1) is 21.1. The van der Waals surface area contributed by atoms with E-state index in [9.17, 15) is 4.79 Å². The summed E-state index contributed by atoms with van der Waals surface area (Å²) in [6, 6.07) is 17.3. The molecule has 31 heavy (non-hydrogen) atoms. The molecule has 6 nitrogen and oxygen atoms in total. The number of carbonyl (C=O) groups excluding carboxylic acids is 1. The number of hydrogen-bond acceptors (Lipinski definition) is 5. The van der Waals surface area contributed by atoms with Crippen LogP contribution in [0.4, 0.5) is 5.69 Å². The van der Waals surface area contributed by atoms with Gasteiger partial charge in [0.15, 0.2) is 10.7 Å². The van der Waals surface area contributed by atoms with Gasteiger partial charge in [-0.05, 0) is 66.8 Å². The van der Waals surface area contributed by atoms with Gasteiger partial charge in [-0.1, -0.05) is 29.3 Å². The zero-order valence-corrected chi connectivity index (χ0v) is 18.4. The SMILES string of the molecule is COc1cccc(C(=O)NC(=S)Nc2ccc(-c3nc4cc(Cl)cc(Cl)c4o3)cc2)c1. The van der Waals surface area contributed by atoms with Gasteiger partial charge in [0.05, 0.1) is 12.1 Å². The highest BCUT2D eigenvalue weighted by molar-refractivity contribution is 7.80. The topological polar surface area (TPSA) is 76.4 Å². The minimum atomic E-state index is -0.338. The average Bonchev–Trinajstić information content (AvgIpc) is 3.18. The third kappa shape index (κ3) is 4.80. The quantitative estimate of drug-likeness (QED) is 0.358. The molecule has 1 aromatic heterocycles. The van der Waals surface area contributed by atoms with Crippen LogP contribution in [-0.2, 0) is 0 Å². The number of ether oxygens (including phenoxy) is 1. The van der Waals surface area contributed by atoms with Crippen molar-refractivity contribution in [3.05, 3.63) is 76.3 Å². The molecule has 2 N–H and O–H groups in total. The van der Waals surface area contributed by atoms with Crippen molar-refractivity contribution < 1.29 is 13.9 Å². The number of hydrogen-bond donors (Lipinski definition) is 2. The van der Waals surface area contributed by atoms with E-state index in [4.69, 9.17) is 44.6 Å². The molecule has 4 aromatic rings. The van der Waals surface area contributed by atoms with Crippen molar-refractivity contribution in [2.75, 3.05) is 12.4 Å². The van der Waals surface area contributed by atoms with Crippen molar-refractivity contribution in [3.63, 3.8) is 0 Å². The van der Waals surface area contributed by atoms with Gasteiger partial charge in [0.1, 0.15) is 11.3 Å². The van der Waals surface area contributed by atoms with Crippen LogP contribution in [0.25, 0.3) is 22.6 Å². The van der Waals surface area contributed by atoms with E-state index in [1.807, 2.05) is 12.1 Å². The fourth-order valence-electron chi connectivity index (χ4n) is 2.88. The number of methoxy groups -OCH3 is 1. The predicted molar refractivity (Wildman–Crippen MR) is 126 cm³/mol. The summed E-state index contributed by atoms with van der Waals surface area (Å²) in [5, 5.41) is 6.67. The van der Waals surface area contributed by atoms with Gasteiger partial charge in [0.2, 0.25) is 5.89 Å². The van der Waals surface area contributed by atoms with E-state index in [1.54, 1.807) is 48.5 Å². The maximum atomic E-state index is 12.4. The van der Waals surface area contributed by atoms with Crippen molar-refractivity contribution in [2.24, 2.45) is 0 Å². The second-order valence-electron chi connectivity index (χ2n) is 6.47. The van der Waals surface area contributed by atoms with E-state index >= 15 is 0 Å². The summed E-state index contributed by atoms with van der Waals surface area (Å²) in [4.78, 5) is 16.8.